The molecule has 1 atom stereocenters. The van der Waals surface area contributed by atoms with Gasteiger partial charge in [-0.3, -0.25) is 4.79 Å². The summed E-state index contributed by atoms with van der Waals surface area (Å²) in [6.45, 7) is 0.551. The molecule has 0 N–H and O–H groups in total. The third kappa shape index (κ3) is 3.29. The first kappa shape index (κ1) is 19.3. The summed E-state index contributed by atoms with van der Waals surface area (Å²) in [4.78, 5) is 20.9. The van der Waals surface area contributed by atoms with Crippen molar-refractivity contribution >= 4 is 34.2 Å². The molecule has 1 saturated heterocycles. The van der Waals surface area contributed by atoms with Crippen molar-refractivity contribution in [1.29, 1.82) is 0 Å². The minimum absolute atomic E-state index is 0.00319. The smallest absolute Gasteiger partial charge is 0.329 e. The number of carbonyl (C=O) groups excluding carboxylic acids is 1. The molecular weight excluding hydrogens is 433 g/mol. The second-order valence-corrected chi connectivity index (χ2v) is 8.90. The number of likely N-dealkylation sites (tertiary alicyclic amines) is 1. The Labute approximate surface area is 177 Å². The SMILES string of the molecule is O=C(c1cc2nc(-c3cccs3)cc(C(F)(F)F)n2n1)N1CCC[C@H]1c1cccs1. The molecule has 5 heterocycles. The van der Waals surface area contributed by atoms with E-state index in [4.69, 9.17) is 0 Å². The van der Waals surface area contributed by atoms with E-state index < -0.39 is 11.9 Å². The number of fused-ring (bicyclic) bond motifs is 1. The number of thiophene rings is 2. The average molecular weight is 448 g/mol. The third-order valence-corrected chi connectivity index (χ3v) is 6.96. The fourth-order valence-electron chi connectivity index (χ4n) is 3.77. The van der Waals surface area contributed by atoms with E-state index in [1.165, 1.54) is 17.4 Å². The summed E-state index contributed by atoms with van der Waals surface area (Å²) in [5.41, 5.74) is -0.768. The van der Waals surface area contributed by atoms with Crippen LogP contribution in [0.3, 0.4) is 0 Å². The van der Waals surface area contributed by atoms with E-state index in [1.807, 2.05) is 17.5 Å². The number of rotatable bonds is 3. The highest BCUT2D eigenvalue weighted by molar-refractivity contribution is 7.13. The Bertz CT molecular complexity index is 1200. The van der Waals surface area contributed by atoms with Gasteiger partial charge in [0.15, 0.2) is 17.0 Å². The Morgan fingerprint density at radius 3 is 2.63 bits per heavy atom. The van der Waals surface area contributed by atoms with Gasteiger partial charge >= 0.3 is 6.18 Å². The van der Waals surface area contributed by atoms with E-state index in [1.54, 1.807) is 33.7 Å². The molecule has 30 heavy (non-hydrogen) atoms. The molecule has 10 heteroatoms. The van der Waals surface area contributed by atoms with E-state index in [-0.39, 0.29) is 29.0 Å². The van der Waals surface area contributed by atoms with Gasteiger partial charge in [0.25, 0.3) is 5.91 Å². The van der Waals surface area contributed by atoms with Crippen LogP contribution in [-0.4, -0.2) is 31.9 Å². The molecule has 154 valence electrons. The lowest BCUT2D eigenvalue weighted by Crippen LogP contribution is -2.30. The first-order chi connectivity index (χ1) is 14.4. The van der Waals surface area contributed by atoms with Crippen LogP contribution in [0.5, 0.6) is 0 Å². The second kappa shape index (κ2) is 7.21. The maximum absolute atomic E-state index is 13.7. The van der Waals surface area contributed by atoms with E-state index in [9.17, 15) is 18.0 Å². The number of aromatic nitrogens is 3. The minimum Gasteiger partial charge on any atom is -0.329 e. The lowest BCUT2D eigenvalue weighted by molar-refractivity contribution is -0.142. The maximum atomic E-state index is 13.7. The van der Waals surface area contributed by atoms with E-state index in [0.717, 1.165) is 28.3 Å². The van der Waals surface area contributed by atoms with E-state index in [0.29, 0.717) is 11.4 Å². The molecule has 1 fully saturated rings. The van der Waals surface area contributed by atoms with Crippen LogP contribution in [0.25, 0.3) is 16.2 Å². The summed E-state index contributed by atoms with van der Waals surface area (Å²) in [5, 5.41) is 7.74. The van der Waals surface area contributed by atoms with E-state index in [2.05, 4.69) is 10.1 Å². The number of halogens is 3. The van der Waals surface area contributed by atoms with Gasteiger partial charge in [-0.1, -0.05) is 12.1 Å². The van der Waals surface area contributed by atoms with Crippen LogP contribution in [0.15, 0.2) is 47.2 Å². The number of hydrogen-bond donors (Lipinski definition) is 0. The van der Waals surface area contributed by atoms with Crippen molar-refractivity contribution in [3.8, 4) is 10.6 Å². The summed E-state index contributed by atoms with van der Waals surface area (Å²) in [6, 6.07) is 9.62. The summed E-state index contributed by atoms with van der Waals surface area (Å²) < 4.78 is 41.9. The van der Waals surface area contributed by atoms with Crippen LogP contribution < -0.4 is 0 Å². The lowest BCUT2D eigenvalue weighted by Gasteiger charge is -2.22. The van der Waals surface area contributed by atoms with Crippen LogP contribution in [-0.2, 0) is 6.18 Å². The molecule has 0 radical (unpaired) electrons. The highest BCUT2D eigenvalue weighted by Gasteiger charge is 2.37. The molecule has 0 saturated carbocycles. The van der Waals surface area contributed by atoms with Crippen LogP contribution in [0.4, 0.5) is 13.2 Å². The molecule has 0 bridgehead atoms. The number of nitrogens with zero attached hydrogens (tertiary/aromatic N) is 4. The Balaban J connectivity index is 1.58. The maximum Gasteiger partial charge on any atom is 0.433 e. The van der Waals surface area contributed by atoms with Crippen LogP contribution in [0, 0.1) is 0 Å². The highest BCUT2D eigenvalue weighted by Crippen LogP contribution is 2.36. The molecule has 1 aliphatic rings. The Hall–Kier alpha value is -2.72. The predicted molar refractivity (Wildman–Crippen MR) is 109 cm³/mol. The first-order valence-electron chi connectivity index (χ1n) is 9.28. The molecule has 0 unspecified atom stereocenters. The highest BCUT2D eigenvalue weighted by atomic mass is 32.1. The standard InChI is InChI=1S/C20H15F3N4OS2/c21-20(22,23)17-10-12(15-5-2-8-29-15)24-18-11-13(25-27(17)18)19(28)26-7-1-4-14(26)16-6-3-9-30-16/h2-3,5-6,8-11,14H,1,4,7H2/t14-/m0/s1. The van der Waals surface area contributed by atoms with Crippen LogP contribution >= 0.6 is 22.7 Å². The van der Waals surface area contributed by atoms with Gasteiger partial charge in [0.05, 0.1) is 16.6 Å². The predicted octanol–water partition coefficient (Wildman–Crippen LogP) is 5.52. The molecule has 4 aromatic rings. The topological polar surface area (TPSA) is 50.5 Å². The fourth-order valence-corrected chi connectivity index (χ4v) is 5.32. The van der Waals surface area contributed by atoms with Crippen LogP contribution in [0.2, 0.25) is 0 Å². The Morgan fingerprint density at radius 2 is 1.93 bits per heavy atom. The Morgan fingerprint density at radius 1 is 1.13 bits per heavy atom. The zero-order valence-electron chi connectivity index (χ0n) is 15.5. The normalized spacial score (nSPS) is 17.2. The molecule has 1 amide bonds. The molecule has 4 aromatic heterocycles. The van der Waals surface area contributed by atoms with Gasteiger partial charge < -0.3 is 4.90 Å². The molecule has 0 spiro atoms. The van der Waals surface area contributed by atoms with Crippen LogP contribution in [0.1, 0.15) is 39.9 Å². The van der Waals surface area contributed by atoms with Crippen molar-refractivity contribution in [3.63, 3.8) is 0 Å². The first-order valence-corrected chi connectivity index (χ1v) is 11.0. The average Bonchev–Trinajstić information content (AvgIpc) is 3.51. The van der Waals surface area contributed by atoms with Gasteiger partial charge in [-0.05, 0) is 41.8 Å². The van der Waals surface area contributed by atoms with E-state index >= 15 is 0 Å². The van der Waals surface area contributed by atoms with Gasteiger partial charge in [-0.2, -0.15) is 18.3 Å². The molecular formula is C20H15F3N4OS2. The monoisotopic (exact) mass is 448 g/mol. The van der Waals surface area contributed by atoms with Crippen molar-refractivity contribution in [3.05, 3.63) is 63.4 Å². The quantitative estimate of drug-likeness (QED) is 0.415. The van der Waals surface area contributed by atoms with Crippen molar-refractivity contribution in [1.82, 2.24) is 19.5 Å². The molecule has 0 aliphatic carbocycles. The molecule has 1 aliphatic heterocycles. The zero-order valence-corrected chi connectivity index (χ0v) is 17.1. The summed E-state index contributed by atoms with van der Waals surface area (Å²) in [6.07, 6.45) is -2.96. The lowest BCUT2D eigenvalue weighted by atomic mass is 10.2. The number of hydrogen-bond acceptors (Lipinski definition) is 5. The minimum atomic E-state index is -4.63. The van der Waals surface area contributed by atoms with Gasteiger partial charge in [-0.15, -0.1) is 22.7 Å². The molecule has 0 aromatic carbocycles. The fraction of sp³-hybridized carbons (Fsp3) is 0.250. The van der Waals surface area contributed by atoms with Crippen molar-refractivity contribution in [2.75, 3.05) is 6.54 Å². The summed E-state index contributed by atoms with van der Waals surface area (Å²) >= 11 is 2.87. The number of carbonyl (C=O) groups is 1. The number of alkyl halides is 3. The number of amides is 1. The second-order valence-electron chi connectivity index (χ2n) is 6.97. The zero-order chi connectivity index (χ0) is 20.9. The summed E-state index contributed by atoms with van der Waals surface area (Å²) in [7, 11) is 0. The van der Waals surface area contributed by atoms with Gasteiger partial charge in [0.1, 0.15) is 0 Å². The van der Waals surface area contributed by atoms with Crippen molar-refractivity contribution < 1.29 is 18.0 Å². The van der Waals surface area contributed by atoms with Gasteiger partial charge in [-0.25, -0.2) is 9.50 Å². The van der Waals surface area contributed by atoms with Crippen molar-refractivity contribution in [2.24, 2.45) is 0 Å². The molecule has 5 nitrogen and oxygen atoms in total. The largest absolute Gasteiger partial charge is 0.433 e. The van der Waals surface area contributed by atoms with Gasteiger partial charge in [0.2, 0.25) is 0 Å². The Kier molecular flexibility index (Phi) is 4.62. The molecule has 5 rings (SSSR count). The third-order valence-electron chi connectivity index (χ3n) is 5.10. The van der Waals surface area contributed by atoms with Crippen molar-refractivity contribution in [2.45, 2.75) is 25.1 Å². The summed E-state index contributed by atoms with van der Waals surface area (Å²) in [5.74, 6) is -0.373. The van der Waals surface area contributed by atoms with Gasteiger partial charge in [0, 0.05) is 17.5 Å².